The van der Waals surface area contributed by atoms with E-state index in [1.807, 2.05) is 36.4 Å². The molecule has 3 N–H and O–H groups in total. The molecule has 1 atom stereocenters. The van der Waals surface area contributed by atoms with Crippen LogP contribution in [-0.4, -0.2) is 16.6 Å². The first-order valence-electron chi connectivity index (χ1n) is 11.1. The molecule has 2 heterocycles. The minimum Gasteiger partial charge on any atom is -0.453 e. The van der Waals surface area contributed by atoms with E-state index in [-0.39, 0.29) is 0 Å². The van der Waals surface area contributed by atoms with Crippen LogP contribution in [0.4, 0.5) is 28.8 Å². The molecule has 0 spiro atoms. The molecule has 1 aliphatic heterocycles. The molecular weight excluding hydrogens is 465 g/mol. The van der Waals surface area contributed by atoms with Crippen molar-refractivity contribution >= 4 is 48.7 Å². The first kappa shape index (κ1) is 22.5. The number of para-hydroxylation sites is 1. The number of aryl methyl sites for hydroxylation is 3. The van der Waals surface area contributed by atoms with Crippen molar-refractivity contribution in [2.45, 2.75) is 19.8 Å². The maximum Gasteiger partial charge on any atom is 0.229 e. The second-order valence-electron chi connectivity index (χ2n) is 8.18. The summed E-state index contributed by atoms with van der Waals surface area (Å²) in [7, 11) is -0.912. The number of hydrogen-bond acceptors (Lipinski definition) is 6. The van der Waals surface area contributed by atoms with Crippen molar-refractivity contribution in [2.24, 2.45) is 0 Å². The summed E-state index contributed by atoms with van der Waals surface area (Å²) < 4.78 is 6.23. The minimum atomic E-state index is -0.912. The van der Waals surface area contributed by atoms with E-state index in [0.29, 0.717) is 16.8 Å². The summed E-state index contributed by atoms with van der Waals surface area (Å²) in [5.41, 5.74) is 6.47. The lowest BCUT2D eigenvalue weighted by molar-refractivity contribution is 0.617. The van der Waals surface area contributed by atoms with Gasteiger partial charge in [0.1, 0.15) is 10.8 Å². The Bertz CT molecular complexity index is 1330. The smallest absolute Gasteiger partial charge is 0.229 e. The van der Waals surface area contributed by atoms with Gasteiger partial charge in [-0.25, -0.2) is 4.98 Å². The molecule has 0 amide bonds. The molecule has 6 nitrogen and oxygen atoms in total. The van der Waals surface area contributed by atoms with Crippen LogP contribution in [0, 0.1) is 6.92 Å². The lowest BCUT2D eigenvalue weighted by Crippen LogP contribution is -2.04. The van der Waals surface area contributed by atoms with E-state index in [1.54, 1.807) is 6.20 Å². The van der Waals surface area contributed by atoms with E-state index in [9.17, 15) is 0 Å². The average Bonchev–Trinajstić information content (AvgIpc) is 2.83. The molecule has 0 fully saturated rings. The summed E-state index contributed by atoms with van der Waals surface area (Å²) in [6, 6.07) is 22.7. The predicted octanol–water partition coefficient (Wildman–Crippen LogP) is 7.46. The Balaban J connectivity index is 1.46. The fourth-order valence-electron chi connectivity index (χ4n) is 3.85. The largest absolute Gasteiger partial charge is 0.453 e. The Hall–Kier alpha value is -3.34. The number of rotatable bonds is 4. The van der Waals surface area contributed by atoms with E-state index < -0.39 is 8.30 Å². The Kier molecular flexibility index (Phi) is 6.52. The van der Waals surface area contributed by atoms with Gasteiger partial charge in [-0.3, -0.25) is 0 Å². The van der Waals surface area contributed by atoms with Gasteiger partial charge in [0.2, 0.25) is 5.95 Å². The highest BCUT2D eigenvalue weighted by atomic mass is 35.5. The lowest BCUT2D eigenvalue weighted by Gasteiger charge is -2.20. The maximum atomic E-state index is 6.38. The normalized spacial score (nSPS) is 13.3. The van der Waals surface area contributed by atoms with Gasteiger partial charge in [-0.1, -0.05) is 41.9 Å². The lowest BCUT2D eigenvalue weighted by atomic mass is 10.0. The highest BCUT2D eigenvalue weighted by Gasteiger charge is 2.14. The summed E-state index contributed by atoms with van der Waals surface area (Å²) >= 11 is 6.38. The molecule has 172 valence electrons. The third kappa shape index (κ3) is 5.24. The van der Waals surface area contributed by atoms with Crippen LogP contribution in [0.3, 0.4) is 0 Å². The molecule has 0 radical (unpaired) electrons. The topological polar surface area (TPSA) is 71.1 Å². The zero-order chi connectivity index (χ0) is 23.5. The molecule has 0 saturated heterocycles. The number of halogens is 1. The summed E-state index contributed by atoms with van der Waals surface area (Å²) in [6.45, 7) is 4.14. The van der Waals surface area contributed by atoms with Crippen LogP contribution in [0.25, 0.3) is 0 Å². The van der Waals surface area contributed by atoms with Crippen LogP contribution in [0.2, 0.25) is 5.02 Å². The van der Waals surface area contributed by atoms with Gasteiger partial charge in [-0.2, -0.15) is 4.98 Å². The van der Waals surface area contributed by atoms with Gasteiger partial charge in [0, 0.05) is 23.7 Å². The summed E-state index contributed by atoms with van der Waals surface area (Å²) in [5, 5.41) is 10.7. The van der Waals surface area contributed by atoms with Crippen molar-refractivity contribution in [1.82, 2.24) is 9.97 Å². The fraction of sp³-hybridized carbons (Fsp3) is 0.154. The van der Waals surface area contributed by atoms with E-state index in [0.717, 1.165) is 41.2 Å². The third-order valence-corrected chi connectivity index (χ3v) is 6.89. The number of nitrogens with one attached hydrogen (secondary N) is 3. The zero-order valence-corrected chi connectivity index (χ0v) is 20.6. The second-order valence-corrected chi connectivity index (χ2v) is 9.99. The SMILES string of the molecule is Cc1ccccc1OP(C)Nc1ccc2cc1CCc1cccc(c1)Nc1ncc(Cl)c(n1)N2. The standard InChI is InChI=1S/C26H25ClN5OP/c1-17-6-3-4-9-24(17)33-34(2)32-23-13-12-21-15-19(23)11-10-18-7-5-8-20(14-18)30-26-28-16-22(27)25(29-21)31-26/h3-9,12-16,32H,10-11H2,1-2H3,(H2,28,29,30,31). The summed E-state index contributed by atoms with van der Waals surface area (Å²) in [5.74, 6) is 1.95. The van der Waals surface area contributed by atoms with Crippen molar-refractivity contribution in [3.63, 3.8) is 0 Å². The summed E-state index contributed by atoms with van der Waals surface area (Å²) in [6.07, 6.45) is 3.37. The van der Waals surface area contributed by atoms with E-state index in [2.05, 4.69) is 69.6 Å². The van der Waals surface area contributed by atoms with Crippen LogP contribution < -0.4 is 20.2 Å². The highest BCUT2D eigenvalue weighted by Crippen LogP contribution is 2.39. The molecule has 6 bridgehead atoms. The molecule has 0 aliphatic carbocycles. The Morgan fingerprint density at radius 2 is 1.82 bits per heavy atom. The Morgan fingerprint density at radius 1 is 0.971 bits per heavy atom. The van der Waals surface area contributed by atoms with Crippen molar-refractivity contribution < 1.29 is 4.52 Å². The predicted molar refractivity (Wildman–Crippen MR) is 142 cm³/mol. The van der Waals surface area contributed by atoms with Gasteiger partial charge in [-0.15, -0.1) is 0 Å². The van der Waals surface area contributed by atoms with Crippen molar-refractivity contribution in [1.29, 1.82) is 0 Å². The number of aromatic nitrogens is 2. The number of hydrogen-bond donors (Lipinski definition) is 3. The molecule has 1 unspecified atom stereocenters. The second kappa shape index (κ2) is 9.88. The Labute approximate surface area is 205 Å². The fourth-order valence-corrected chi connectivity index (χ4v) is 5.09. The van der Waals surface area contributed by atoms with E-state index >= 15 is 0 Å². The van der Waals surface area contributed by atoms with Gasteiger partial charge >= 0.3 is 0 Å². The average molecular weight is 490 g/mol. The van der Waals surface area contributed by atoms with Gasteiger partial charge in [0.25, 0.3) is 0 Å². The molecule has 5 rings (SSSR count). The quantitative estimate of drug-likeness (QED) is 0.258. The summed E-state index contributed by atoms with van der Waals surface area (Å²) in [4.78, 5) is 8.89. The first-order valence-corrected chi connectivity index (χ1v) is 13.1. The van der Waals surface area contributed by atoms with E-state index in [1.165, 1.54) is 11.1 Å². The van der Waals surface area contributed by atoms with Crippen molar-refractivity contribution in [3.8, 4) is 5.75 Å². The molecule has 34 heavy (non-hydrogen) atoms. The number of anilines is 5. The third-order valence-electron chi connectivity index (χ3n) is 5.58. The molecular formula is C26H25ClN5OP. The van der Waals surface area contributed by atoms with Gasteiger partial charge < -0.3 is 20.2 Å². The molecule has 3 aromatic carbocycles. The molecule has 0 saturated carbocycles. The maximum absolute atomic E-state index is 6.38. The Morgan fingerprint density at radius 3 is 2.71 bits per heavy atom. The number of nitrogens with zero attached hydrogens (tertiary/aromatic N) is 2. The molecule has 1 aliphatic rings. The zero-order valence-electron chi connectivity index (χ0n) is 19.0. The number of benzene rings is 3. The van der Waals surface area contributed by atoms with Crippen LogP contribution in [0.5, 0.6) is 5.75 Å². The van der Waals surface area contributed by atoms with E-state index in [4.69, 9.17) is 16.1 Å². The highest BCUT2D eigenvalue weighted by molar-refractivity contribution is 7.53. The minimum absolute atomic E-state index is 0.460. The van der Waals surface area contributed by atoms with Gasteiger partial charge in [0.15, 0.2) is 14.1 Å². The van der Waals surface area contributed by atoms with Crippen molar-refractivity contribution in [2.75, 3.05) is 22.4 Å². The van der Waals surface area contributed by atoms with Gasteiger partial charge in [-0.05, 0) is 72.9 Å². The first-order chi connectivity index (χ1) is 16.5. The molecule has 1 aromatic heterocycles. The number of fused-ring (bicyclic) bond motifs is 6. The molecule has 8 heteroatoms. The van der Waals surface area contributed by atoms with Crippen LogP contribution in [-0.2, 0) is 12.8 Å². The van der Waals surface area contributed by atoms with Crippen LogP contribution >= 0.6 is 19.9 Å². The van der Waals surface area contributed by atoms with Crippen molar-refractivity contribution in [3.05, 3.63) is 94.6 Å². The monoisotopic (exact) mass is 489 g/mol. The van der Waals surface area contributed by atoms with Crippen LogP contribution in [0.15, 0.2) is 72.9 Å². The molecule has 4 aromatic rings. The van der Waals surface area contributed by atoms with Gasteiger partial charge in [0.05, 0.1) is 6.20 Å². The van der Waals surface area contributed by atoms with Crippen LogP contribution in [0.1, 0.15) is 16.7 Å².